The van der Waals surface area contributed by atoms with E-state index < -0.39 is 12.3 Å². The number of hydrogen-bond acceptors (Lipinski definition) is 2. The second-order valence-electron chi connectivity index (χ2n) is 2.37. The number of nitrogens with one attached hydrogen (secondary N) is 1. The highest BCUT2D eigenvalue weighted by Gasteiger charge is 2.16. The zero-order chi connectivity index (χ0) is 9.56. The van der Waals surface area contributed by atoms with Crippen LogP contribution in [0.2, 0.25) is 0 Å². The third kappa shape index (κ3) is 5.35. The molecule has 0 fully saturated rings. The van der Waals surface area contributed by atoms with Crippen LogP contribution in [0.15, 0.2) is 0 Å². The molecule has 0 bridgehead atoms. The number of hydrogen-bond donors (Lipinski definition) is 1. The Balaban J connectivity index is 3.54. The second-order valence-corrected chi connectivity index (χ2v) is 3.69. The van der Waals surface area contributed by atoms with Gasteiger partial charge in [0.25, 0.3) is 5.91 Å². The lowest BCUT2D eigenvalue weighted by molar-refractivity contribution is -0.132. The van der Waals surface area contributed by atoms with Gasteiger partial charge in [0.2, 0.25) is 0 Å². The van der Waals surface area contributed by atoms with Crippen LogP contribution >= 0.6 is 11.8 Å². The Morgan fingerprint density at radius 3 is 2.58 bits per heavy atom. The summed E-state index contributed by atoms with van der Waals surface area (Å²) in [5, 5.41) is 2.20. The van der Waals surface area contributed by atoms with Crippen LogP contribution in [-0.2, 0) is 4.79 Å². The van der Waals surface area contributed by atoms with Gasteiger partial charge < -0.3 is 5.32 Å². The van der Waals surface area contributed by atoms with Crippen molar-refractivity contribution in [2.24, 2.45) is 0 Å². The van der Waals surface area contributed by atoms with E-state index in [0.717, 1.165) is 5.75 Å². The van der Waals surface area contributed by atoms with Gasteiger partial charge in [0.15, 0.2) is 0 Å². The van der Waals surface area contributed by atoms with Crippen LogP contribution in [-0.4, -0.2) is 29.9 Å². The number of rotatable bonds is 5. The molecule has 0 aromatic rings. The number of carbonyl (C=O) groups is 1. The van der Waals surface area contributed by atoms with Crippen molar-refractivity contribution in [3.8, 4) is 0 Å². The maximum Gasteiger partial charge on any atom is 0.315 e. The molecular weight excluding hydrogens is 184 g/mol. The van der Waals surface area contributed by atoms with Crippen molar-refractivity contribution in [1.29, 1.82) is 0 Å². The minimum Gasteiger partial charge on any atom is -0.348 e. The minimum absolute atomic E-state index is 0.184. The molecule has 2 nitrogen and oxygen atoms in total. The summed E-state index contributed by atoms with van der Waals surface area (Å²) >= 11 is 1.61. The summed E-state index contributed by atoms with van der Waals surface area (Å²) in [6, 6.07) is -0.184. The molecule has 1 amide bonds. The van der Waals surface area contributed by atoms with Crippen molar-refractivity contribution in [3.63, 3.8) is 0 Å². The third-order valence-electron chi connectivity index (χ3n) is 1.16. The fourth-order valence-electron chi connectivity index (χ4n) is 0.642. The quantitative estimate of drug-likeness (QED) is 0.723. The molecule has 0 saturated heterocycles. The highest BCUT2D eigenvalue weighted by molar-refractivity contribution is 7.99. The molecule has 0 heterocycles. The van der Waals surface area contributed by atoms with Gasteiger partial charge in [-0.15, -0.1) is 0 Å². The van der Waals surface area contributed by atoms with E-state index in [9.17, 15) is 13.6 Å². The van der Waals surface area contributed by atoms with Crippen LogP contribution in [0, 0.1) is 0 Å². The van der Waals surface area contributed by atoms with Gasteiger partial charge in [0.05, 0.1) is 0 Å². The lowest BCUT2D eigenvalue weighted by Gasteiger charge is -2.11. The molecule has 0 rings (SSSR count). The topological polar surface area (TPSA) is 29.1 Å². The molecule has 0 aliphatic carbocycles. The molecule has 0 spiro atoms. The Labute approximate surface area is 75.1 Å². The average molecular weight is 197 g/mol. The summed E-state index contributed by atoms with van der Waals surface area (Å²) in [6.07, 6.45) is -2.90. The van der Waals surface area contributed by atoms with Crippen LogP contribution in [0.5, 0.6) is 0 Å². The van der Waals surface area contributed by atoms with Gasteiger partial charge in [-0.25, -0.2) is 0 Å². The number of amides is 1. The van der Waals surface area contributed by atoms with Crippen LogP contribution in [0.3, 0.4) is 0 Å². The van der Waals surface area contributed by atoms with Crippen molar-refractivity contribution in [2.45, 2.75) is 26.3 Å². The molecule has 0 aliphatic heterocycles. The van der Waals surface area contributed by atoms with E-state index >= 15 is 0 Å². The molecule has 1 N–H and O–H groups in total. The molecular formula is C7H13F2NOS. The Bertz CT molecular complexity index is 143. The number of carbonyl (C=O) groups excluding carboxylic acids is 1. The van der Waals surface area contributed by atoms with Gasteiger partial charge in [0, 0.05) is 11.8 Å². The minimum atomic E-state index is -2.90. The smallest absolute Gasteiger partial charge is 0.315 e. The van der Waals surface area contributed by atoms with E-state index in [1.165, 1.54) is 0 Å². The Hall–Kier alpha value is -0.320. The molecule has 72 valence electrons. The van der Waals surface area contributed by atoms with Crippen molar-refractivity contribution in [2.75, 3.05) is 11.5 Å². The maximum atomic E-state index is 11.7. The van der Waals surface area contributed by atoms with Crippen LogP contribution in [0.25, 0.3) is 0 Å². The summed E-state index contributed by atoms with van der Waals surface area (Å²) in [7, 11) is 0. The normalized spacial score (nSPS) is 13.1. The zero-order valence-electron chi connectivity index (χ0n) is 7.14. The second kappa shape index (κ2) is 6.22. The van der Waals surface area contributed by atoms with Gasteiger partial charge in [-0.3, -0.25) is 4.79 Å². The predicted molar refractivity (Wildman–Crippen MR) is 46.6 cm³/mol. The standard InChI is InChI=1S/C7H13F2NOS/c1-3-12-4-5(2)10-7(11)6(8)9/h5-6H,3-4H2,1-2H3,(H,10,11). The summed E-state index contributed by atoms with van der Waals surface area (Å²) in [5.74, 6) is 0.420. The predicted octanol–water partition coefficient (Wildman–Crippen LogP) is 1.51. The molecule has 5 heteroatoms. The highest BCUT2D eigenvalue weighted by Crippen LogP contribution is 2.02. The molecule has 12 heavy (non-hydrogen) atoms. The largest absolute Gasteiger partial charge is 0.348 e. The van der Waals surface area contributed by atoms with E-state index in [2.05, 4.69) is 5.32 Å². The fourth-order valence-corrected chi connectivity index (χ4v) is 1.31. The van der Waals surface area contributed by atoms with Crippen molar-refractivity contribution in [1.82, 2.24) is 5.32 Å². The molecule has 1 unspecified atom stereocenters. The number of alkyl halides is 2. The van der Waals surface area contributed by atoms with Crippen LogP contribution in [0.1, 0.15) is 13.8 Å². The highest BCUT2D eigenvalue weighted by atomic mass is 32.2. The Kier molecular flexibility index (Phi) is 6.06. The lowest BCUT2D eigenvalue weighted by atomic mass is 10.4. The van der Waals surface area contributed by atoms with Crippen molar-refractivity contribution in [3.05, 3.63) is 0 Å². The number of thioether (sulfide) groups is 1. The third-order valence-corrected chi connectivity index (χ3v) is 2.30. The fraction of sp³-hybridized carbons (Fsp3) is 0.857. The SMILES string of the molecule is CCSCC(C)NC(=O)C(F)F. The summed E-state index contributed by atoms with van der Waals surface area (Å²) in [6.45, 7) is 3.69. The summed E-state index contributed by atoms with van der Waals surface area (Å²) in [4.78, 5) is 10.4. The Morgan fingerprint density at radius 2 is 2.17 bits per heavy atom. The first-order chi connectivity index (χ1) is 5.57. The maximum absolute atomic E-state index is 11.7. The van der Waals surface area contributed by atoms with E-state index in [4.69, 9.17) is 0 Å². The molecule has 0 radical (unpaired) electrons. The van der Waals surface area contributed by atoms with E-state index in [-0.39, 0.29) is 6.04 Å². The monoisotopic (exact) mass is 197 g/mol. The summed E-state index contributed by atoms with van der Waals surface area (Å²) in [5.41, 5.74) is 0. The molecule has 0 saturated carbocycles. The first-order valence-corrected chi connectivity index (χ1v) is 4.89. The van der Waals surface area contributed by atoms with Gasteiger partial charge in [-0.1, -0.05) is 6.92 Å². The van der Waals surface area contributed by atoms with Gasteiger partial charge in [-0.2, -0.15) is 20.5 Å². The average Bonchev–Trinajstić information content (AvgIpc) is 2.00. The van der Waals surface area contributed by atoms with Gasteiger partial charge in [-0.05, 0) is 12.7 Å². The first-order valence-electron chi connectivity index (χ1n) is 3.74. The Morgan fingerprint density at radius 1 is 1.58 bits per heavy atom. The van der Waals surface area contributed by atoms with Gasteiger partial charge in [0.1, 0.15) is 0 Å². The van der Waals surface area contributed by atoms with E-state index in [1.54, 1.807) is 18.7 Å². The first kappa shape index (κ1) is 11.7. The van der Waals surface area contributed by atoms with Crippen LogP contribution in [0.4, 0.5) is 8.78 Å². The summed E-state index contributed by atoms with van der Waals surface area (Å²) < 4.78 is 23.4. The van der Waals surface area contributed by atoms with Crippen LogP contribution < -0.4 is 5.32 Å². The molecule has 0 aliphatic rings. The van der Waals surface area contributed by atoms with E-state index in [0.29, 0.717) is 5.75 Å². The zero-order valence-corrected chi connectivity index (χ0v) is 7.96. The molecule has 0 aromatic heterocycles. The van der Waals surface area contributed by atoms with Gasteiger partial charge >= 0.3 is 6.43 Å². The molecule has 1 atom stereocenters. The lowest BCUT2D eigenvalue weighted by Crippen LogP contribution is -2.38. The number of halogens is 2. The van der Waals surface area contributed by atoms with Crippen molar-refractivity contribution < 1.29 is 13.6 Å². The van der Waals surface area contributed by atoms with E-state index in [1.807, 2.05) is 6.92 Å². The van der Waals surface area contributed by atoms with Crippen molar-refractivity contribution >= 4 is 17.7 Å². The molecule has 0 aromatic carbocycles.